The summed E-state index contributed by atoms with van der Waals surface area (Å²) in [5.74, 6) is 0. The maximum absolute atomic E-state index is 5.85. The zero-order valence-corrected chi connectivity index (χ0v) is 16.8. The van der Waals surface area contributed by atoms with E-state index in [2.05, 4.69) is 57.5 Å². The monoisotopic (exact) mass is 346 g/mol. The first-order valence-corrected chi connectivity index (χ1v) is 9.45. The first-order chi connectivity index (χ1) is 10.7. The standard InChI is InChI=1S/C18H38N2O2S/c1-17(2,3)15-19-13-16-14-20(9-12-22-16)8-11-21-10-6-7-18(4,5)23/h16,19,23H,6-15H2,1-5H3. The van der Waals surface area contributed by atoms with Crippen LogP contribution < -0.4 is 5.32 Å². The summed E-state index contributed by atoms with van der Waals surface area (Å²) >= 11 is 4.53. The van der Waals surface area contributed by atoms with Crippen molar-refractivity contribution in [2.24, 2.45) is 5.41 Å². The van der Waals surface area contributed by atoms with Crippen LogP contribution in [-0.4, -0.2) is 68.3 Å². The van der Waals surface area contributed by atoms with Gasteiger partial charge in [0.25, 0.3) is 0 Å². The number of nitrogens with zero attached hydrogens (tertiary/aromatic N) is 1. The molecule has 1 rings (SSSR count). The summed E-state index contributed by atoms with van der Waals surface area (Å²) < 4.78 is 11.7. The Morgan fingerprint density at radius 3 is 2.61 bits per heavy atom. The molecule has 23 heavy (non-hydrogen) atoms. The van der Waals surface area contributed by atoms with Crippen molar-refractivity contribution in [3.8, 4) is 0 Å². The molecule has 1 fully saturated rings. The van der Waals surface area contributed by atoms with Gasteiger partial charge in [0.05, 0.1) is 19.3 Å². The fourth-order valence-electron chi connectivity index (χ4n) is 2.62. The summed E-state index contributed by atoms with van der Waals surface area (Å²) in [5.41, 5.74) is 0.323. The third kappa shape index (κ3) is 12.2. The lowest BCUT2D eigenvalue weighted by Gasteiger charge is -2.33. The third-order valence-electron chi connectivity index (χ3n) is 3.88. The maximum atomic E-state index is 5.85. The van der Waals surface area contributed by atoms with Gasteiger partial charge in [-0.2, -0.15) is 12.6 Å². The molecule has 1 aliphatic heterocycles. The Kier molecular flexibility index (Phi) is 9.46. The van der Waals surface area contributed by atoms with E-state index in [4.69, 9.17) is 9.47 Å². The smallest absolute Gasteiger partial charge is 0.0826 e. The average Bonchev–Trinajstić information content (AvgIpc) is 2.40. The first kappa shape index (κ1) is 21.2. The second-order valence-electron chi connectivity index (χ2n) is 8.51. The minimum atomic E-state index is 0.112. The number of nitrogens with one attached hydrogen (secondary N) is 1. The fraction of sp³-hybridized carbons (Fsp3) is 1.00. The van der Waals surface area contributed by atoms with Crippen LogP contribution in [0.2, 0.25) is 0 Å². The van der Waals surface area contributed by atoms with Gasteiger partial charge in [-0.15, -0.1) is 0 Å². The molecule has 138 valence electrons. The second-order valence-corrected chi connectivity index (χ2v) is 9.72. The van der Waals surface area contributed by atoms with Gasteiger partial charge in [0.15, 0.2) is 0 Å². The normalized spacial score (nSPS) is 20.9. The molecule has 0 bridgehead atoms. The van der Waals surface area contributed by atoms with Crippen molar-refractivity contribution in [2.45, 2.75) is 58.3 Å². The summed E-state index contributed by atoms with van der Waals surface area (Å²) in [7, 11) is 0. The number of ether oxygens (including phenoxy) is 2. The highest BCUT2D eigenvalue weighted by Crippen LogP contribution is 2.18. The molecule has 1 unspecified atom stereocenters. The molecule has 0 amide bonds. The van der Waals surface area contributed by atoms with Gasteiger partial charge in [-0.1, -0.05) is 34.6 Å². The van der Waals surface area contributed by atoms with Gasteiger partial charge in [0.1, 0.15) is 0 Å². The lowest BCUT2D eigenvalue weighted by molar-refractivity contribution is -0.0355. The number of morpholine rings is 1. The summed E-state index contributed by atoms with van der Waals surface area (Å²) in [5, 5.41) is 3.52. The number of thiol groups is 1. The van der Waals surface area contributed by atoms with Gasteiger partial charge in [0, 0.05) is 44.1 Å². The molecule has 0 aliphatic carbocycles. The van der Waals surface area contributed by atoms with Crippen molar-refractivity contribution in [2.75, 3.05) is 52.5 Å². The van der Waals surface area contributed by atoms with Crippen LogP contribution in [-0.2, 0) is 9.47 Å². The van der Waals surface area contributed by atoms with Crippen molar-refractivity contribution in [1.82, 2.24) is 10.2 Å². The molecule has 4 nitrogen and oxygen atoms in total. The molecular formula is C18H38N2O2S. The van der Waals surface area contributed by atoms with Crippen LogP contribution in [0.1, 0.15) is 47.5 Å². The van der Waals surface area contributed by atoms with Crippen LogP contribution in [0.3, 0.4) is 0 Å². The summed E-state index contributed by atoms with van der Waals surface area (Å²) in [6.07, 6.45) is 2.48. The second kappa shape index (κ2) is 10.2. The van der Waals surface area contributed by atoms with Crippen LogP contribution in [0.15, 0.2) is 0 Å². The van der Waals surface area contributed by atoms with Crippen LogP contribution in [0.4, 0.5) is 0 Å². The van der Waals surface area contributed by atoms with Gasteiger partial charge in [-0.3, -0.25) is 4.90 Å². The molecular weight excluding hydrogens is 308 g/mol. The third-order valence-corrected chi connectivity index (χ3v) is 4.10. The number of hydrogen-bond acceptors (Lipinski definition) is 5. The van der Waals surface area contributed by atoms with E-state index in [-0.39, 0.29) is 4.75 Å². The molecule has 0 spiro atoms. The lowest BCUT2D eigenvalue weighted by atomic mass is 9.97. The van der Waals surface area contributed by atoms with E-state index >= 15 is 0 Å². The van der Waals surface area contributed by atoms with Crippen molar-refractivity contribution < 1.29 is 9.47 Å². The van der Waals surface area contributed by atoms with Gasteiger partial charge in [-0.05, 0) is 18.3 Å². The van der Waals surface area contributed by atoms with Crippen LogP contribution in [0.5, 0.6) is 0 Å². The van der Waals surface area contributed by atoms with Gasteiger partial charge < -0.3 is 14.8 Å². The molecule has 0 radical (unpaired) electrons. The molecule has 5 heteroatoms. The average molecular weight is 347 g/mol. The van der Waals surface area contributed by atoms with Gasteiger partial charge in [-0.25, -0.2) is 0 Å². The quantitative estimate of drug-likeness (QED) is 0.471. The molecule has 0 aromatic heterocycles. The minimum absolute atomic E-state index is 0.112. The number of rotatable bonds is 10. The Morgan fingerprint density at radius 2 is 1.96 bits per heavy atom. The summed E-state index contributed by atoms with van der Waals surface area (Å²) in [4.78, 5) is 2.45. The molecule has 1 atom stereocenters. The Labute approximate surface area is 149 Å². The SMILES string of the molecule is CC(C)(C)CNCC1CN(CCOCCCC(C)(C)S)CCO1. The van der Waals surface area contributed by atoms with E-state index in [9.17, 15) is 0 Å². The minimum Gasteiger partial charge on any atom is -0.380 e. The van der Waals surface area contributed by atoms with Crippen molar-refractivity contribution in [1.29, 1.82) is 0 Å². The summed E-state index contributed by atoms with van der Waals surface area (Å²) in [6.45, 7) is 18.5. The molecule has 1 aliphatic rings. The highest BCUT2D eigenvalue weighted by Gasteiger charge is 2.20. The van der Waals surface area contributed by atoms with E-state index in [1.165, 1.54) is 0 Å². The van der Waals surface area contributed by atoms with Crippen LogP contribution in [0, 0.1) is 5.41 Å². The topological polar surface area (TPSA) is 33.7 Å². The van der Waals surface area contributed by atoms with E-state index in [1.807, 2.05) is 0 Å². The lowest BCUT2D eigenvalue weighted by Crippen LogP contribution is -2.48. The Hall–Kier alpha value is 0.190. The van der Waals surface area contributed by atoms with Gasteiger partial charge in [0.2, 0.25) is 0 Å². The molecule has 0 aromatic rings. The van der Waals surface area contributed by atoms with E-state index < -0.39 is 0 Å². The highest BCUT2D eigenvalue weighted by atomic mass is 32.1. The zero-order valence-electron chi connectivity index (χ0n) is 15.9. The maximum Gasteiger partial charge on any atom is 0.0826 e. The van der Waals surface area contributed by atoms with E-state index in [0.29, 0.717) is 11.5 Å². The van der Waals surface area contributed by atoms with Crippen LogP contribution in [0.25, 0.3) is 0 Å². The molecule has 0 saturated carbocycles. The molecule has 1 saturated heterocycles. The fourth-order valence-corrected chi connectivity index (χ4v) is 2.78. The Bertz CT molecular complexity index is 313. The largest absolute Gasteiger partial charge is 0.380 e. The predicted octanol–water partition coefficient (Wildman–Crippen LogP) is 2.83. The van der Waals surface area contributed by atoms with Crippen molar-refractivity contribution in [3.63, 3.8) is 0 Å². The zero-order chi connectivity index (χ0) is 17.3. The van der Waals surface area contributed by atoms with E-state index in [1.54, 1.807) is 0 Å². The predicted molar refractivity (Wildman–Crippen MR) is 102 cm³/mol. The number of hydrogen-bond donors (Lipinski definition) is 2. The summed E-state index contributed by atoms with van der Waals surface area (Å²) in [6, 6.07) is 0. The first-order valence-electron chi connectivity index (χ1n) is 9.00. The molecule has 0 aromatic carbocycles. The molecule has 1 heterocycles. The van der Waals surface area contributed by atoms with Crippen molar-refractivity contribution >= 4 is 12.6 Å². The van der Waals surface area contributed by atoms with Crippen LogP contribution >= 0.6 is 12.6 Å². The van der Waals surface area contributed by atoms with Gasteiger partial charge >= 0.3 is 0 Å². The molecule has 1 N–H and O–H groups in total. The Morgan fingerprint density at radius 1 is 1.22 bits per heavy atom. The Balaban J connectivity index is 2.06. The van der Waals surface area contributed by atoms with E-state index in [0.717, 1.165) is 65.4 Å². The highest BCUT2D eigenvalue weighted by molar-refractivity contribution is 7.81. The van der Waals surface area contributed by atoms with Crippen molar-refractivity contribution in [3.05, 3.63) is 0 Å².